The first-order valence-electron chi connectivity index (χ1n) is 8.53. The Morgan fingerprint density at radius 3 is 2.36 bits per heavy atom. The lowest BCUT2D eigenvalue weighted by molar-refractivity contribution is 0.102. The van der Waals surface area contributed by atoms with E-state index in [-0.39, 0.29) is 5.91 Å². The molecule has 0 bridgehead atoms. The quantitative estimate of drug-likeness (QED) is 0.643. The van der Waals surface area contributed by atoms with Crippen molar-refractivity contribution in [3.63, 3.8) is 0 Å². The van der Waals surface area contributed by atoms with E-state index in [4.69, 9.17) is 14.2 Å². The number of hydrogen-bond donors (Lipinski definition) is 2. The Kier molecular flexibility index (Phi) is 5.96. The molecule has 7 nitrogen and oxygen atoms in total. The molecule has 0 radical (unpaired) electrons. The molecule has 0 aliphatic carbocycles. The van der Waals surface area contributed by atoms with Crippen LogP contribution in [0.4, 0.5) is 17.2 Å². The van der Waals surface area contributed by atoms with Crippen LogP contribution in [0.5, 0.6) is 17.2 Å². The number of rotatable bonds is 7. The lowest BCUT2D eigenvalue weighted by Crippen LogP contribution is -2.12. The molecule has 0 spiro atoms. The smallest absolute Gasteiger partial charge is 0.257 e. The number of nitrogens with zero attached hydrogens (tertiary/aromatic N) is 1. The highest BCUT2D eigenvalue weighted by atomic mass is 16.5. The number of aromatic nitrogens is 1. The molecule has 3 aromatic rings. The van der Waals surface area contributed by atoms with E-state index < -0.39 is 0 Å². The van der Waals surface area contributed by atoms with E-state index >= 15 is 0 Å². The minimum Gasteiger partial charge on any atom is -0.497 e. The summed E-state index contributed by atoms with van der Waals surface area (Å²) in [6, 6.07) is 16.1. The molecule has 0 aliphatic heterocycles. The molecule has 2 N–H and O–H groups in total. The van der Waals surface area contributed by atoms with Crippen LogP contribution in [0, 0.1) is 0 Å². The molecule has 144 valence electrons. The van der Waals surface area contributed by atoms with Crippen LogP contribution < -0.4 is 24.8 Å². The lowest BCUT2D eigenvalue weighted by Gasteiger charge is -2.11. The largest absolute Gasteiger partial charge is 0.497 e. The van der Waals surface area contributed by atoms with Crippen molar-refractivity contribution >= 4 is 23.1 Å². The zero-order valence-corrected chi connectivity index (χ0v) is 15.9. The lowest BCUT2D eigenvalue weighted by atomic mass is 10.2. The first-order valence-corrected chi connectivity index (χ1v) is 8.53. The Balaban J connectivity index is 1.68. The highest BCUT2D eigenvalue weighted by molar-refractivity contribution is 6.04. The number of anilines is 3. The van der Waals surface area contributed by atoms with Gasteiger partial charge >= 0.3 is 0 Å². The van der Waals surface area contributed by atoms with E-state index in [1.807, 2.05) is 24.3 Å². The van der Waals surface area contributed by atoms with Crippen LogP contribution in [-0.4, -0.2) is 32.2 Å². The van der Waals surface area contributed by atoms with Crippen molar-refractivity contribution in [2.75, 3.05) is 32.0 Å². The minimum absolute atomic E-state index is 0.271. The molecule has 1 amide bonds. The van der Waals surface area contributed by atoms with Crippen LogP contribution in [-0.2, 0) is 0 Å². The Hall–Kier alpha value is -3.74. The monoisotopic (exact) mass is 379 g/mol. The maximum Gasteiger partial charge on any atom is 0.257 e. The minimum atomic E-state index is -0.271. The normalized spacial score (nSPS) is 10.1. The molecule has 0 fully saturated rings. The molecule has 2 aromatic carbocycles. The summed E-state index contributed by atoms with van der Waals surface area (Å²) in [6.07, 6.45) is 1.51. The average Bonchev–Trinajstić information content (AvgIpc) is 2.74. The van der Waals surface area contributed by atoms with E-state index in [9.17, 15) is 4.79 Å². The molecule has 28 heavy (non-hydrogen) atoms. The van der Waals surface area contributed by atoms with Gasteiger partial charge in [0.05, 0.1) is 26.9 Å². The van der Waals surface area contributed by atoms with Gasteiger partial charge in [0, 0.05) is 29.7 Å². The number of nitrogens with one attached hydrogen (secondary N) is 2. The summed E-state index contributed by atoms with van der Waals surface area (Å²) in [5, 5.41) is 5.99. The van der Waals surface area contributed by atoms with Crippen molar-refractivity contribution in [3.8, 4) is 17.2 Å². The molecule has 3 rings (SSSR count). The van der Waals surface area contributed by atoms with Crippen molar-refractivity contribution in [2.24, 2.45) is 0 Å². The zero-order chi connectivity index (χ0) is 19.9. The highest BCUT2D eigenvalue weighted by Crippen LogP contribution is 2.30. The Bertz CT molecular complexity index is 958. The van der Waals surface area contributed by atoms with E-state index in [1.165, 1.54) is 6.20 Å². The van der Waals surface area contributed by atoms with Gasteiger partial charge in [-0.2, -0.15) is 0 Å². The van der Waals surface area contributed by atoms with Crippen molar-refractivity contribution in [1.29, 1.82) is 0 Å². The van der Waals surface area contributed by atoms with Crippen molar-refractivity contribution in [1.82, 2.24) is 4.98 Å². The fourth-order valence-corrected chi connectivity index (χ4v) is 2.57. The van der Waals surface area contributed by atoms with Crippen LogP contribution in [0.3, 0.4) is 0 Å². The summed E-state index contributed by atoms with van der Waals surface area (Å²) in [5.74, 6) is 2.23. The van der Waals surface area contributed by atoms with Crippen LogP contribution in [0.25, 0.3) is 0 Å². The SMILES string of the molecule is COc1cccc(Nc2ccc(C(=O)Nc3ccc(OC)c(OC)c3)cn2)c1. The van der Waals surface area contributed by atoms with Gasteiger partial charge in [-0.05, 0) is 36.4 Å². The fourth-order valence-electron chi connectivity index (χ4n) is 2.57. The number of hydrogen-bond acceptors (Lipinski definition) is 6. The van der Waals surface area contributed by atoms with Gasteiger partial charge in [0.1, 0.15) is 11.6 Å². The number of pyridine rings is 1. The molecule has 0 saturated heterocycles. The predicted molar refractivity (Wildman–Crippen MR) is 108 cm³/mol. The second-order valence-corrected chi connectivity index (χ2v) is 5.81. The first kappa shape index (κ1) is 19.0. The highest BCUT2D eigenvalue weighted by Gasteiger charge is 2.10. The second-order valence-electron chi connectivity index (χ2n) is 5.81. The summed E-state index contributed by atoms with van der Waals surface area (Å²) >= 11 is 0. The molecule has 7 heteroatoms. The maximum absolute atomic E-state index is 12.5. The summed E-state index contributed by atoms with van der Waals surface area (Å²) in [5.41, 5.74) is 1.88. The molecule has 0 unspecified atom stereocenters. The van der Waals surface area contributed by atoms with Crippen molar-refractivity contribution in [2.45, 2.75) is 0 Å². The average molecular weight is 379 g/mol. The molecule has 0 saturated carbocycles. The number of carbonyl (C=O) groups is 1. The number of ether oxygens (including phenoxy) is 3. The third kappa shape index (κ3) is 4.50. The van der Waals surface area contributed by atoms with Crippen molar-refractivity contribution in [3.05, 3.63) is 66.4 Å². The predicted octanol–water partition coefficient (Wildman–Crippen LogP) is 4.10. The summed E-state index contributed by atoms with van der Waals surface area (Å²) in [7, 11) is 4.72. The number of carbonyl (C=O) groups excluding carboxylic acids is 1. The van der Waals surface area contributed by atoms with Crippen LogP contribution in [0.2, 0.25) is 0 Å². The third-order valence-corrected chi connectivity index (χ3v) is 4.01. The van der Waals surface area contributed by atoms with Gasteiger partial charge in [0.2, 0.25) is 0 Å². The molecule has 0 aliphatic rings. The fraction of sp³-hybridized carbons (Fsp3) is 0.143. The van der Waals surface area contributed by atoms with Gasteiger partial charge < -0.3 is 24.8 Å². The Morgan fingerprint density at radius 2 is 1.68 bits per heavy atom. The Morgan fingerprint density at radius 1 is 0.857 bits per heavy atom. The number of amides is 1. The van der Waals surface area contributed by atoms with Gasteiger partial charge in [0.25, 0.3) is 5.91 Å². The second kappa shape index (κ2) is 8.77. The summed E-state index contributed by atoms with van der Waals surface area (Å²) in [4.78, 5) is 16.8. The van der Waals surface area contributed by atoms with Crippen LogP contribution >= 0.6 is 0 Å². The van der Waals surface area contributed by atoms with E-state index in [0.717, 1.165) is 11.4 Å². The third-order valence-electron chi connectivity index (χ3n) is 4.01. The molecular formula is C21H21N3O4. The van der Waals surface area contributed by atoms with Gasteiger partial charge in [-0.3, -0.25) is 4.79 Å². The summed E-state index contributed by atoms with van der Waals surface area (Å²) < 4.78 is 15.6. The first-order chi connectivity index (χ1) is 13.6. The molecule has 1 aromatic heterocycles. The summed E-state index contributed by atoms with van der Waals surface area (Å²) in [6.45, 7) is 0. The van der Waals surface area contributed by atoms with Crippen LogP contribution in [0.15, 0.2) is 60.8 Å². The number of benzene rings is 2. The van der Waals surface area contributed by atoms with Gasteiger partial charge in [-0.15, -0.1) is 0 Å². The van der Waals surface area contributed by atoms with Gasteiger partial charge in [-0.1, -0.05) is 6.07 Å². The van der Waals surface area contributed by atoms with E-state index in [2.05, 4.69) is 15.6 Å². The molecular weight excluding hydrogens is 358 g/mol. The molecule has 0 atom stereocenters. The molecule has 1 heterocycles. The zero-order valence-electron chi connectivity index (χ0n) is 15.9. The number of methoxy groups -OCH3 is 3. The van der Waals surface area contributed by atoms with E-state index in [1.54, 1.807) is 51.7 Å². The van der Waals surface area contributed by atoms with E-state index in [0.29, 0.717) is 28.6 Å². The van der Waals surface area contributed by atoms with Gasteiger partial charge in [-0.25, -0.2) is 4.98 Å². The maximum atomic E-state index is 12.5. The topological polar surface area (TPSA) is 81.7 Å². The van der Waals surface area contributed by atoms with Gasteiger partial charge in [0.15, 0.2) is 11.5 Å². The Labute approximate surface area is 163 Å². The van der Waals surface area contributed by atoms with Crippen LogP contribution in [0.1, 0.15) is 10.4 Å². The standard InChI is InChI=1S/C21H21N3O4/c1-26-17-6-4-5-15(11-17)23-20-10-7-14(13-22-20)21(25)24-16-8-9-18(27-2)19(12-16)28-3/h4-13H,1-3H3,(H,22,23)(H,24,25). The van der Waals surface area contributed by atoms with Crippen molar-refractivity contribution < 1.29 is 19.0 Å².